The maximum absolute atomic E-state index is 12.2. The Kier molecular flexibility index (Phi) is 4.48. The van der Waals surface area contributed by atoms with E-state index >= 15 is 0 Å². The van der Waals surface area contributed by atoms with Crippen molar-refractivity contribution < 1.29 is 9.59 Å². The number of nitrogens with zero attached hydrogens (tertiary/aromatic N) is 1. The monoisotopic (exact) mass is 293 g/mol. The second-order valence-electron chi connectivity index (χ2n) is 7.22. The Morgan fingerprint density at radius 3 is 2.43 bits per heavy atom. The van der Waals surface area contributed by atoms with Gasteiger partial charge in [0.1, 0.15) is 0 Å². The lowest BCUT2D eigenvalue weighted by Gasteiger charge is -2.32. The van der Waals surface area contributed by atoms with Crippen LogP contribution in [0.15, 0.2) is 0 Å². The summed E-state index contributed by atoms with van der Waals surface area (Å²) in [4.78, 5) is 25.2. The molecule has 21 heavy (non-hydrogen) atoms. The first-order chi connectivity index (χ1) is 10.1. The number of nitrogens with two attached hydrogens (primary N) is 1. The summed E-state index contributed by atoms with van der Waals surface area (Å²) in [5.41, 5.74) is 5.21. The number of hydrogen-bond donors (Lipinski definition) is 2. The number of likely N-dealkylation sites (tertiary alicyclic amines) is 1. The highest BCUT2D eigenvalue weighted by Crippen LogP contribution is 2.49. The number of hydrogen-bond acceptors (Lipinski definition) is 3. The first kappa shape index (κ1) is 14.8. The topological polar surface area (TPSA) is 75.4 Å². The van der Waals surface area contributed by atoms with Crippen LogP contribution in [-0.4, -0.2) is 42.4 Å². The minimum Gasteiger partial charge on any atom is -0.369 e. The van der Waals surface area contributed by atoms with Crippen molar-refractivity contribution in [2.75, 3.05) is 19.6 Å². The molecule has 5 heteroatoms. The molecule has 2 bridgehead atoms. The van der Waals surface area contributed by atoms with Crippen molar-refractivity contribution in [1.29, 1.82) is 0 Å². The van der Waals surface area contributed by atoms with E-state index in [4.69, 9.17) is 5.73 Å². The largest absolute Gasteiger partial charge is 0.369 e. The minimum atomic E-state index is -0.270. The fourth-order valence-electron chi connectivity index (χ4n) is 4.61. The van der Waals surface area contributed by atoms with Gasteiger partial charge in [0.2, 0.25) is 11.8 Å². The van der Waals surface area contributed by atoms with Crippen LogP contribution in [0.3, 0.4) is 0 Å². The summed E-state index contributed by atoms with van der Waals surface area (Å²) < 4.78 is 0. The summed E-state index contributed by atoms with van der Waals surface area (Å²) >= 11 is 0. The minimum absolute atomic E-state index is 0.237. The molecule has 0 spiro atoms. The fraction of sp³-hybridized carbons (Fsp3) is 0.875. The lowest BCUT2D eigenvalue weighted by Crippen LogP contribution is -2.47. The van der Waals surface area contributed by atoms with Gasteiger partial charge in [0, 0.05) is 25.6 Å². The van der Waals surface area contributed by atoms with E-state index in [0.29, 0.717) is 12.5 Å². The third-order valence-corrected chi connectivity index (χ3v) is 5.66. The van der Waals surface area contributed by atoms with E-state index < -0.39 is 0 Å². The highest BCUT2D eigenvalue weighted by atomic mass is 16.2. The second-order valence-corrected chi connectivity index (χ2v) is 7.22. The standard InChI is InChI=1S/C16H27N3O2/c17-15(20)10-19-5-3-14(4-6-19)18-16(21)9-13-8-11-1-2-12(13)7-11/h11-14H,1-10H2,(H2,17,20)(H,18,21). The van der Waals surface area contributed by atoms with Crippen LogP contribution in [0.1, 0.15) is 44.9 Å². The second kappa shape index (κ2) is 6.34. The zero-order valence-electron chi connectivity index (χ0n) is 12.7. The molecule has 1 heterocycles. The van der Waals surface area contributed by atoms with Gasteiger partial charge in [-0.1, -0.05) is 6.42 Å². The van der Waals surface area contributed by atoms with Crippen LogP contribution in [0.25, 0.3) is 0 Å². The van der Waals surface area contributed by atoms with Gasteiger partial charge in [0.05, 0.1) is 6.54 Å². The van der Waals surface area contributed by atoms with E-state index in [2.05, 4.69) is 10.2 Å². The SMILES string of the molecule is NC(=O)CN1CCC(NC(=O)CC2CC3CCC2C3)CC1. The molecular formula is C16H27N3O2. The van der Waals surface area contributed by atoms with Gasteiger partial charge in [-0.25, -0.2) is 0 Å². The Hall–Kier alpha value is -1.10. The molecule has 5 nitrogen and oxygen atoms in total. The Bertz CT molecular complexity index is 404. The Balaban J connectivity index is 1.37. The molecule has 3 rings (SSSR count). The van der Waals surface area contributed by atoms with Crippen molar-refractivity contribution in [3.63, 3.8) is 0 Å². The molecule has 1 saturated heterocycles. The van der Waals surface area contributed by atoms with Crippen LogP contribution in [0.5, 0.6) is 0 Å². The highest BCUT2D eigenvalue weighted by molar-refractivity contribution is 5.77. The van der Waals surface area contributed by atoms with Crippen LogP contribution in [0, 0.1) is 17.8 Å². The van der Waals surface area contributed by atoms with Crippen molar-refractivity contribution >= 4 is 11.8 Å². The van der Waals surface area contributed by atoms with Crippen LogP contribution in [0.2, 0.25) is 0 Å². The zero-order valence-corrected chi connectivity index (χ0v) is 12.7. The zero-order chi connectivity index (χ0) is 14.8. The van der Waals surface area contributed by atoms with Crippen LogP contribution in [0.4, 0.5) is 0 Å². The number of nitrogens with one attached hydrogen (secondary N) is 1. The quantitative estimate of drug-likeness (QED) is 0.790. The summed E-state index contributed by atoms with van der Waals surface area (Å²) in [6, 6.07) is 0.278. The number of piperidine rings is 1. The molecule has 3 N–H and O–H groups in total. The smallest absolute Gasteiger partial charge is 0.231 e. The van der Waals surface area contributed by atoms with E-state index in [0.717, 1.165) is 44.2 Å². The average Bonchev–Trinajstić information content (AvgIpc) is 3.02. The van der Waals surface area contributed by atoms with Gasteiger partial charge in [0.15, 0.2) is 0 Å². The lowest BCUT2D eigenvalue weighted by atomic mass is 9.86. The number of carbonyl (C=O) groups excluding carboxylic acids is 2. The van der Waals surface area contributed by atoms with Gasteiger partial charge in [-0.2, -0.15) is 0 Å². The van der Waals surface area contributed by atoms with Gasteiger partial charge in [-0.15, -0.1) is 0 Å². The van der Waals surface area contributed by atoms with Crippen LogP contribution >= 0.6 is 0 Å². The normalized spacial score (nSPS) is 33.2. The van der Waals surface area contributed by atoms with Gasteiger partial charge >= 0.3 is 0 Å². The Morgan fingerprint density at radius 1 is 1.10 bits per heavy atom. The van der Waals surface area contributed by atoms with Crippen molar-refractivity contribution in [1.82, 2.24) is 10.2 Å². The first-order valence-electron chi connectivity index (χ1n) is 8.40. The van der Waals surface area contributed by atoms with Gasteiger partial charge in [0.25, 0.3) is 0 Å². The number of primary amides is 1. The van der Waals surface area contributed by atoms with Crippen LogP contribution < -0.4 is 11.1 Å². The molecule has 0 radical (unpaired) electrons. The molecule has 3 unspecified atom stereocenters. The van der Waals surface area contributed by atoms with E-state index in [1.807, 2.05) is 0 Å². The number of carbonyl (C=O) groups is 2. The molecule has 2 aliphatic carbocycles. The van der Waals surface area contributed by atoms with Gasteiger partial charge in [-0.05, 0) is 49.9 Å². The van der Waals surface area contributed by atoms with Gasteiger partial charge < -0.3 is 11.1 Å². The van der Waals surface area contributed by atoms with E-state index in [-0.39, 0.29) is 17.9 Å². The molecule has 1 aliphatic heterocycles. The predicted molar refractivity (Wildman–Crippen MR) is 80.4 cm³/mol. The molecule has 0 aromatic carbocycles. The number of rotatable bonds is 5. The van der Waals surface area contributed by atoms with Crippen molar-refractivity contribution in [2.24, 2.45) is 23.5 Å². The summed E-state index contributed by atoms with van der Waals surface area (Å²) in [5, 5.41) is 3.20. The molecular weight excluding hydrogens is 266 g/mol. The summed E-state index contributed by atoms with van der Waals surface area (Å²) in [6.07, 6.45) is 7.95. The van der Waals surface area contributed by atoms with E-state index in [9.17, 15) is 9.59 Å². The molecule has 3 atom stereocenters. The van der Waals surface area contributed by atoms with Crippen molar-refractivity contribution in [2.45, 2.75) is 51.0 Å². The third-order valence-electron chi connectivity index (χ3n) is 5.66. The predicted octanol–water partition coefficient (Wildman–Crippen LogP) is 0.879. The average molecular weight is 293 g/mol. The molecule has 3 fully saturated rings. The maximum atomic E-state index is 12.2. The lowest BCUT2D eigenvalue weighted by molar-refractivity contribution is -0.124. The number of amides is 2. The Morgan fingerprint density at radius 2 is 1.86 bits per heavy atom. The van der Waals surface area contributed by atoms with E-state index in [1.165, 1.54) is 25.7 Å². The molecule has 0 aromatic heterocycles. The number of fused-ring (bicyclic) bond motifs is 2. The first-order valence-corrected chi connectivity index (χ1v) is 8.40. The van der Waals surface area contributed by atoms with Gasteiger partial charge in [-0.3, -0.25) is 14.5 Å². The summed E-state index contributed by atoms with van der Waals surface area (Å²) in [6.45, 7) is 2.04. The third kappa shape index (κ3) is 3.76. The highest BCUT2D eigenvalue weighted by Gasteiger charge is 2.40. The molecule has 118 valence electrons. The molecule has 2 amide bonds. The molecule has 2 saturated carbocycles. The Labute approximate surface area is 126 Å². The maximum Gasteiger partial charge on any atom is 0.231 e. The van der Waals surface area contributed by atoms with Crippen molar-refractivity contribution in [3.05, 3.63) is 0 Å². The molecule has 3 aliphatic rings. The molecule has 0 aromatic rings. The summed E-state index contributed by atoms with van der Waals surface area (Å²) in [5.74, 6) is 2.33. The summed E-state index contributed by atoms with van der Waals surface area (Å²) in [7, 11) is 0. The van der Waals surface area contributed by atoms with Crippen LogP contribution in [-0.2, 0) is 9.59 Å². The van der Waals surface area contributed by atoms with Crippen molar-refractivity contribution in [3.8, 4) is 0 Å². The fourth-order valence-corrected chi connectivity index (χ4v) is 4.61. The van der Waals surface area contributed by atoms with E-state index in [1.54, 1.807) is 0 Å².